The number of carbonyl (C=O) groups excluding carboxylic acids is 4. The van der Waals surface area contributed by atoms with Gasteiger partial charge in [0.25, 0.3) is 5.91 Å². The van der Waals surface area contributed by atoms with Crippen molar-refractivity contribution in [2.45, 2.75) is 104 Å². The number of hydrogen-bond acceptors (Lipinski definition) is 8. The number of likely N-dealkylation sites (N-methyl/N-ethyl adjacent to an activating group) is 1. The highest BCUT2D eigenvalue weighted by Gasteiger charge is 2.37. The topological polar surface area (TPSA) is 143 Å². The Morgan fingerprint density at radius 1 is 1.11 bits per heavy atom. The molecule has 3 N–H and O–H groups in total. The maximum absolute atomic E-state index is 13.3. The number of Topliss-reactive ketones (excluding diaryl/α,β-unsaturated/α-hetero) is 1. The Hall–Kier alpha value is -3.44. The van der Waals surface area contributed by atoms with Crippen LogP contribution in [0.3, 0.4) is 0 Å². The number of nitrogens with one attached hydrogen (secondary N) is 1. The highest BCUT2D eigenvalue weighted by Crippen LogP contribution is 2.38. The number of quaternary nitrogens is 1. The smallest absolute Gasteiger partial charge is 0.310 e. The Morgan fingerprint density at radius 2 is 1.77 bits per heavy atom. The zero-order valence-corrected chi connectivity index (χ0v) is 29.9. The number of halogens is 1. The number of ether oxygens (including phenoxy) is 2. The molecule has 12 heteroatoms. The molecule has 2 aliphatic rings. The van der Waals surface area contributed by atoms with Crippen LogP contribution in [0.5, 0.6) is 0 Å². The largest absolute Gasteiger partial charge is 1.00 e. The Bertz CT molecular complexity index is 1470. The van der Waals surface area contributed by atoms with E-state index in [1.165, 1.54) is 6.92 Å². The normalized spacial score (nSPS) is 19.7. The summed E-state index contributed by atoms with van der Waals surface area (Å²) in [5.74, 6) is -0.851. The first-order chi connectivity index (χ1) is 21.4. The summed E-state index contributed by atoms with van der Waals surface area (Å²) in [7, 11) is 5.93. The fraction of sp³-hybridized carbons (Fsp3) is 0.629. The number of esters is 2. The van der Waals surface area contributed by atoms with Crippen LogP contribution >= 0.6 is 0 Å². The third kappa shape index (κ3) is 10.3. The molecule has 2 aliphatic carbocycles. The number of primary amides is 1. The van der Waals surface area contributed by atoms with E-state index in [0.29, 0.717) is 53.9 Å². The van der Waals surface area contributed by atoms with Crippen LogP contribution in [0.1, 0.15) is 105 Å². The number of nitrogens with zero attached hydrogens (tertiary/aromatic N) is 3. The summed E-state index contributed by atoms with van der Waals surface area (Å²) in [5.41, 5.74) is 9.84. The lowest BCUT2D eigenvalue weighted by molar-refractivity contribution is -0.873. The van der Waals surface area contributed by atoms with Crippen LogP contribution in [-0.4, -0.2) is 83.8 Å². The molecule has 260 valence electrons. The molecule has 47 heavy (non-hydrogen) atoms. The summed E-state index contributed by atoms with van der Waals surface area (Å²) < 4.78 is 13.6. The lowest BCUT2D eigenvalue weighted by Gasteiger charge is -2.31. The van der Waals surface area contributed by atoms with E-state index < -0.39 is 18.0 Å². The third-order valence-corrected chi connectivity index (χ3v) is 8.54. The molecule has 1 fully saturated rings. The van der Waals surface area contributed by atoms with Crippen LogP contribution in [0.2, 0.25) is 0 Å². The maximum atomic E-state index is 13.3. The summed E-state index contributed by atoms with van der Waals surface area (Å²) in [6.45, 7) is 10.3. The number of benzene rings is 1. The van der Waals surface area contributed by atoms with Crippen LogP contribution in [0.15, 0.2) is 18.2 Å². The quantitative estimate of drug-likeness (QED) is 0.256. The molecule has 0 radical (unpaired) electrons. The van der Waals surface area contributed by atoms with Crippen molar-refractivity contribution < 1.29 is 45.5 Å². The van der Waals surface area contributed by atoms with Crippen molar-refractivity contribution in [3.8, 4) is 5.69 Å². The monoisotopic (exact) mass is 673 g/mol. The maximum Gasteiger partial charge on any atom is 0.310 e. The van der Waals surface area contributed by atoms with Gasteiger partial charge >= 0.3 is 11.9 Å². The molecule has 1 amide bonds. The first kappa shape index (κ1) is 38.0. The average Bonchev–Trinajstić information content (AvgIpc) is 3.24. The van der Waals surface area contributed by atoms with Gasteiger partial charge in [-0.1, -0.05) is 27.7 Å². The second-order valence-electron chi connectivity index (χ2n) is 15.3. The predicted molar refractivity (Wildman–Crippen MR) is 176 cm³/mol. The Morgan fingerprint density at radius 3 is 2.34 bits per heavy atom. The van der Waals surface area contributed by atoms with E-state index in [9.17, 15) is 19.2 Å². The zero-order chi connectivity index (χ0) is 34.0. The number of nitrogens with two attached hydrogens (primary N) is 1. The van der Waals surface area contributed by atoms with Gasteiger partial charge in [0.1, 0.15) is 12.6 Å². The van der Waals surface area contributed by atoms with Gasteiger partial charge in [-0.25, -0.2) is 4.68 Å². The molecular formula is C35H52ClN5O6. The molecule has 1 atom stereocenters. The van der Waals surface area contributed by atoms with Crippen LogP contribution in [0.25, 0.3) is 5.69 Å². The van der Waals surface area contributed by atoms with Crippen molar-refractivity contribution in [3.63, 3.8) is 0 Å². The van der Waals surface area contributed by atoms with Crippen molar-refractivity contribution in [1.82, 2.24) is 9.78 Å². The molecule has 0 bridgehead atoms. The Balaban J connectivity index is 0.00000600. The molecular weight excluding hydrogens is 622 g/mol. The van der Waals surface area contributed by atoms with E-state index >= 15 is 0 Å². The minimum Gasteiger partial charge on any atom is -1.00 e. The zero-order valence-electron chi connectivity index (χ0n) is 29.2. The average molecular weight is 674 g/mol. The number of rotatable bonds is 12. The highest BCUT2D eigenvalue weighted by molar-refractivity contribution is 6.00. The van der Waals surface area contributed by atoms with Crippen LogP contribution in [-0.2, 0) is 31.9 Å². The number of anilines is 1. The van der Waals surface area contributed by atoms with Crippen molar-refractivity contribution in [1.29, 1.82) is 0 Å². The second kappa shape index (κ2) is 15.2. The van der Waals surface area contributed by atoms with Gasteiger partial charge in [0.05, 0.1) is 55.8 Å². The van der Waals surface area contributed by atoms with Crippen LogP contribution in [0, 0.1) is 11.3 Å². The summed E-state index contributed by atoms with van der Waals surface area (Å²) >= 11 is 0. The van der Waals surface area contributed by atoms with E-state index in [2.05, 4.69) is 33.0 Å². The standard InChI is InChI=1S/C35H51N5O6.ClH/c1-21(2)15-29-33-30(18-35(4,5)19-31(33)42)39(38-29)24-11-14-27(34(36)44)28(16-24)37-23-9-12-25(13-10-23)46-32(43)17-26(45-22(3)41)20-40(6,7)8;/h11,14,16,21,23,25-26H,9-10,12-13,15,17-20H2,1-8H3,(H2-,36,37,44);1H. The minimum atomic E-state index is -0.548. The van der Waals surface area contributed by atoms with Crippen molar-refractivity contribution in [2.75, 3.05) is 33.0 Å². The molecule has 0 aliphatic heterocycles. The molecule has 0 spiro atoms. The molecule has 4 rings (SSSR count). The lowest BCUT2D eigenvalue weighted by Crippen LogP contribution is -3.00. The predicted octanol–water partition coefficient (Wildman–Crippen LogP) is 1.62. The van der Waals surface area contributed by atoms with E-state index in [1.807, 2.05) is 38.0 Å². The SMILES string of the molecule is CC(=O)OC(CC(=O)OC1CCC(Nc2cc(-n3nc(CC(C)C)c4c3CC(C)(C)CC4=O)ccc2C(N)=O)CC1)C[N+](C)(C)C.[Cl-]. The number of hydrogen-bond donors (Lipinski definition) is 2. The first-order valence-electron chi connectivity index (χ1n) is 16.4. The summed E-state index contributed by atoms with van der Waals surface area (Å²) in [6, 6.07) is 5.49. The van der Waals surface area contributed by atoms with Gasteiger partial charge < -0.3 is 37.4 Å². The van der Waals surface area contributed by atoms with Gasteiger partial charge in [0.2, 0.25) is 0 Å². The number of carbonyl (C=O) groups is 4. The fourth-order valence-corrected chi connectivity index (χ4v) is 6.72. The van der Waals surface area contributed by atoms with Gasteiger partial charge in [0.15, 0.2) is 11.9 Å². The Kier molecular flexibility index (Phi) is 12.3. The lowest BCUT2D eigenvalue weighted by atomic mass is 9.75. The van der Waals surface area contributed by atoms with E-state index in [-0.39, 0.29) is 48.1 Å². The van der Waals surface area contributed by atoms with Crippen molar-refractivity contribution in [2.24, 2.45) is 17.1 Å². The summed E-state index contributed by atoms with van der Waals surface area (Å²) in [4.78, 5) is 50.1. The number of fused-ring (bicyclic) bond motifs is 1. The van der Waals surface area contributed by atoms with Gasteiger partial charge in [-0.15, -0.1) is 0 Å². The van der Waals surface area contributed by atoms with Crippen LogP contribution in [0.4, 0.5) is 5.69 Å². The highest BCUT2D eigenvalue weighted by atomic mass is 35.5. The fourth-order valence-electron chi connectivity index (χ4n) is 6.72. The van der Waals surface area contributed by atoms with Gasteiger partial charge in [-0.2, -0.15) is 5.10 Å². The molecule has 11 nitrogen and oxygen atoms in total. The molecule has 0 saturated heterocycles. The van der Waals surface area contributed by atoms with Gasteiger partial charge in [-0.05, 0) is 68.1 Å². The second-order valence-corrected chi connectivity index (χ2v) is 15.3. The van der Waals surface area contributed by atoms with Crippen LogP contribution < -0.4 is 23.5 Å². The molecule has 1 aromatic carbocycles. The van der Waals surface area contributed by atoms with Crippen molar-refractivity contribution in [3.05, 3.63) is 40.7 Å². The van der Waals surface area contributed by atoms with Gasteiger partial charge in [-0.3, -0.25) is 19.2 Å². The molecule has 1 unspecified atom stereocenters. The van der Waals surface area contributed by atoms with Gasteiger partial charge in [0, 0.05) is 25.1 Å². The van der Waals surface area contributed by atoms with Crippen molar-refractivity contribution >= 4 is 29.3 Å². The summed E-state index contributed by atoms with van der Waals surface area (Å²) in [5, 5.41) is 8.48. The molecule has 1 aromatic heterocycles. The number of ketones is 1. The number of amides is 1. The summed E-state index contributed by atoms with van der Waals surface area (Å²) in [6.07, 6.45) is 3.93. The number of aromatic nitrogens is 2. The van der Waals surface area contributed by atoms with E-state index in [0.717, 1.165) is 41.9 Å². The molecule has 1 saturated carbocycles. The third-order valence-electron chi connectivity index (χ3n) is 8.54. The molecule has 1 heterocycles. The first-order valence-corrected chi connectivity index (χ1v) is 16.4. The van der Waals surface area contributed by atoms with E-state index in [1.54, 1.807) is 6.07 Å². The minimum absolute atomic E-state index is 0. The Labute approximate surface area is 284 Å². The van der Waals surface area contributed by atoms with E-state index in [4.69, 9.17) is 20.3 Å². The molecule has 2 aromatic rings.